The number of alkyl halides is 1. The Labute approximate surface area is 201 Å². The van der Waals surface area contributed by atoms with Crippen LogP contribution in [0.15, 0.2) is 101 Å². The lowest BCUT2D eigenvalue weighted by Crippen LogP contribution is -2.12. The van der Waals surface area contributed by atoms with Gasteiger partial charge in [0.25, 0.3) is 0 Å². The summed E-state index contributed by atoms with van der Waals surface area (Å²) in [6.07, 6.45) is 3.90. The summed E-state index contributed by atoms with van der Waals surface area (Å²) in [6, 6.07) is 19.2. The van der Waals surface area contributed by atoms with Crippen LogP contribution >= 0.6 is 23.2 Å². The number of ketones is 1. The highest BCUT2D eigenvalue weighted by atomic mass is 35.5. The van der Waals surface area contributed by atoms with Gasteiger partial charge in [0.05, 0.1) is 0 Å². The Bertz CT molecular complexity index is 893. The van der Waals surface area contributed by atoms with Crippen molar-refractivity contribution in [2.75, 3.05) is 16.5 Å². The predicted octanol–water partition coefficient (Wildman–Crippen LogP) is 7.76. The maximum absolute atomic E-state index is 12.8. The van der Waals surface area contributed by atoms with Gasteiger partial charge in [-0.25, -0.2) is 4.99 Å². The molecule has 0 saturated carbocycles. The molecule has 0 spiro atoms. The van der Waals surface area contributed by atoms with E-state index in [9.17, 15) is 4.79 Å². The van der Waals surface area contributed by atoms with E-state index in [0.29, 0.717) is 17.8 Å². The Kier molecular flexibility index (Phi) is 13.5. The lowest BCUT2D eigenvalue weighted by atomic mass is 10.1. The van der Waals surface area contributed by atoms with E-state index >= 15 is 0 Å². The van der Waals surface area contributed by atoms with E-state index in [-0.39, 0.29) is 23.2 Å². The zero-order valence-electron chi connectivity index (χ0n) is 18.9. The van der Waals surface area contributed by atoms with Gasteiger partial charge in [0, 0.05) is 35.5 Å². The fourth-order valence-corrected chi connectivity index (χ4v) is 3.06. The molecule has 0 heterocycles. The number of benzene rings is 2. The van der Waals surface area contributed by atoms with Crippen molar-refractivity contribution in [3.05, 3.63) is 95.9 Å². The van der Waals surface area contributed by atoms with Crippen molar-refractivity contribution in [2.24, 2.45) is 4.99 Å². The molecule has 2 N–H and O–H groups in total. The van der Waals surface area contributed by atoms with Crippen LogP contribution < -0.4 is 10.6 Å². The quantitative estimate of drug-likeness (QED) is 0.152. The molecule has 2 aromatic carbocycles. The lowest BCUT2D eigenvalue weighted by Gasteiger charge is -2.14. The molecular weight excluding hydrogens is 441 g/mol. The molecule has 170 valence electrons. The van der Waals surface area contributed by atoms with Gasteiger partial charge in [0.2, 0.25) is 0 Å². The van der Waals surface area contributed by atoms with E-state index in [4.69, 9.17) is 23.2 Å². The van der Waals surface area contributed by atoms with Gasteiger partial charge in [0.1, 0.15) is 11.0 Å². The van der Waals surface area contributed by atoms with Crippen LogP contribution in [-0.4, -0.2) is 17.4 Å². The number of rotatable bonds is 11. The number of carbonyl (C=O) groups is 1. The number of nitrogens with zero attached hydrogens (tertiary/aromatic N) is 1. The molecule has 2 aromatic rings. The van der Waals surface area contributed by atoms with Crippen molar-refractivity contribution in [2.45, 2.75) is 33.6 Å². The first-order chi connectivity index (χ1) is 15.5. The normalized spacial score (nSPS) is 11.3. The van der Waals surface area contributed by atoms with Gasteiger partial charge in [-0.15, -0.1) is 11.6 Å². The smallest absolute Gasteiger partial charge is 0.163 e. The topological polar surface area (TPSA) is 53.5 Å². The summed E-state index contributed by atoms with van der Waals surface area (Å²) in [5.41, 5.74) is 3.01. The molecule has 4 nitrogen and oxygen atoms in total. The molecule has 6 heteroatoms. The number of para-hydroxylation sites is 2. The Hall–Kier alpha value is -2.82. The van der Waals surface area contributed by atoms with Crippen LogP contribution in [0.1, 0.15) is 33.6 Å². The first kappa shape index (κ1) is 27.2. The van der Waals surface area contributed by atoms with Crippen LogP contribution in [0.2, 0.25) is 0 Å². The number of anilines is 2. The molecule has 0 fully saturated rings. The third-order valence-corrected chi connectivity index (χ3v) is 4.77. The number of nitrogens with one attached hydrogen (secondary N) is 2. The van der Waals surface area contributed by atoms with Crippen LogP contribution in [0.25, 0.3) is 0 Å². The zero-order valence-corrected chi connectivity index (χ0v) is 20.4. The van der Waals surface area contributed by atoms with Gasteiger partial charge >= 0.3 is 0 Å². The molecule has 32 heavy (non-hydrogen) atoms. The Morgan fingerprint density at radius 1 is 1.00 bits per heavy atom. The van der Waals surface area contributed by atoms with Crippen LogP contribution in [0.3, 0.4) is 0 Å². The van der Waals surface area contributed by atoms with Crippen LogP contribution in [0, 0.1) is 0 Å². The molecule has 0 aliphatic heterocycles. The molecule has 0 radical (unpaired) electrons. The minimum Gasteiger partial charge on any atom is -0.342 e. The maximum Gasteiger partial charge on any atom is 0.163 e. The standard InChI is InChI=1S/C24H25Cl2N3O.C2H6/c1-3-19(4-2)29-24(26)18(17-25)15-22(30)16-23(27-20-11-7-5-8-12-20)28-21-13-9-6-10-14-21;1-2/h3,5-14,16,27-28H,1,4,15,17H2,2H3;1-2H3/b24-18-,29-19+;. The summed E-state index contributed by atoms with van der Waals surface area (Å²) in [5, 5.41) is 6.70. The molecule has 0 atom stereocenters. The summed E-state index contributed by atoms with van der Waals surface area (Å²) in [7, 11) is 0. The molecule has 0 aliphatic rings. The molecule has 2 rings (SSSR count). The molecule has 0 bridgehead atoms. The fourth-order valence-electron chi connectivity index (χ4n) is 2.53. The summed E-state index contributed by atoms with van der Waals surface area (Å²) < 4.78 is 0. The molecule has 0 aliphatic carbocycles. The summed E-state index contributed by atoms with van der Waals surface area (Å²) in [5.74, 6) is 0.507. The van der Waals surface area contributed by atoms with Crippen molar-refractivity contribution >= 4 is 46.1 Å². The highest BCUT2D eigenvalue weighted by Crippen LogP contribution is 2.19. The van der Waals surface area contributed by atoms with Crippen molar-refractivity contribution < 1.29 is 4.79 Å². The van der Waals surface area contributed by atoms with Crippen molar-refractivity contribution in [1.82, 2.24) is 0 Å². The number of allylic oxidation sites excluding steroid dienone is 3. The Morgan fingerprint density at radius 3 is 1.91 bits per heavy atom. The van der Waals surface area contributed by atoms with Gasteiger partial charge in [-0.1, -0.05) is 75.3 Å². The fraction of sp³-hybridized carbons (Fsp3) is 0.231. The molecule has 0 saturated heterocycles. The third-order valence-electron chi connectivity index (χ3n) is 4.09. The SMILES string of the molecule is C=C/C(CC)=N\C(Cl)=C(/CCl)CC(=O)C=C(Nc1ccccc1)Nc1ccccc1.CC. The summed E-state index contributed by atoms with van der Waals surface area (Å²) >= 11 is 12.3. The van der Waals surface area contributed by atoms with Crippen LogP contribution in [0.4, 0.5) is 11.4 Å². The maximum atomic E-state index is 12.8. The lowest BCUT2D eigenvalue weighted by molar-refractivity contribution is -0.114. The van der Waals surface area contributed by atoms with E-state index in [1.54, 1.807) is 6.08 Å². The predicted molar refractivity (Wildman–Crippen MR) is 141 cm³/mol. The minimum absolute atomic E-state index is 0.0659. The second-order valence-corrected chi connectivity index (χ2v) is 7.00. The molecular formula is C26H31Cl2N3O. The zero-order chi connectivity index (χ0) is 23.8. The van der Waals surface area contributed by atoms with E-state index < -0.39 is 0 Å². The Balaban J connectivity index is 0.00000249. The second-order valence-electron chi connectivity index (χ2n) is 6.37. The van der Waals surface area contributed by atoms with Gasteiger partial charge in [0.15, 0.2) is 5.78 Å². The molecule has 0 unspecified atom stereocenters. The van der Waals surface area contributed by atoms with Gasteiger partial charge in [-0.2, -0.15) is 0 Å². The largest absolute Gasteiger partial charge is 0.342 e. The van der Waals surface area contributed by atoms with Crippen molar-refractivity contribution in [1.29, 1.82) is 0 Å². The van der Waals surface area contributed by atoms with Gasteiger partial charge in [-0.3, -0.25) is 4.79 Å². The monoisotopic (exact) mass is 471 g/mol. The Morgan fingerprint density at radius 2 is 1.50 bits per heavy atom. The number of hydrogen-bond donors (Lipinski definition) is 2. The van der Waals surface area contributed by atoms with Gasteiger partial charge < -0.3 is 10.6 Å². The third kappa shape index (κ3) is 9.99. The average molecular weight is 472 g/mol. The van der Waals surface area contributed by atoms with Crippen LogP contribution in [-0.2, 0) is 4.79 Å². The highest BCUT2D eigenvalue weighted by molar-refractivity contribution is 6.32. The first-order valence-corrected chi connectivity index (χ1v) is 11.5. The molecule has 0 amide bonds. The highest BCUT2D eigenvalue weighted by Gasteiger charge is 2.11. The van der Waals surface area contributed by atoms with E-state index in [1.807, 2.05) is 81.4 Å². The minimum atomic E-state index is -0.155. The average Bonchev–Trinajstić information content (AvgIpc) is 2.83. The summed E-state index contributed by atoms with van der Waals surface area (Å²) in [4.78, 5) is 17.1. The van der Waals surface area contributed by atoms with Crippen molar-refractivity contribution in [3.63, 3.8) is 0 Å². The van der Waals surface area contributed by atoms with Gasteiger partial charge in [-0.05, 0) is 42.3 Å². The number of hydrogen-bond acceptors (Lipinski definition) is 4. The van der Waals surface area contributed by atoms with E-state index in [2.05, 4.69) is 22.2 Å². The first-order valence-electron chi connectivity index (χ1n) is 10.6. The number of carbonyl (C=O) groups excluding carboxylic acids is 1. The van der Waals surface area contributed by atoms with Crippen LogP contribution in [0.5, 0.6) is 0 Å². The second kappa shape index (κ2) is 15.9. The number of aliphatic imine (C=N–C) groups is 1. The van der Waals surface area contributed by atoms with E-state index in [1.165, 1.54) is 6.08 Å². The number of halogens is 2. The van der Waals surface area contributed by atoms with E-state index in [0.717, 1.165) is 17.1 Å². The summed E-state index contributed by atoms with van der Waals surface area (Å²) in [6.45, 7) is 9.67. The molecule has 0 aromatic heterocycles. The van der Waals surface area contributed by atoms with Crippen molar-refractivity contribution in [3.8, 4) is 0 Å².